The highest BCUT2D eigenvalue weighted by Gasteiger charge is 2.32. The molecule has 0 heterocycles. The van der Waals surface area contributed by atoms with E-state index >= 15 is 0 Å². The van der Waals surface area contributed by atoms with Gasteiger partial charge in [-0.05, 0) is 37.8 Å². The Morgan fingerprint density at radius 1 is 1.12 bits per heavy atom. The van der Waals surface area contributed by atoms with Gasteiger partial charge >= 0.3 is 0 Å². The Morgan fingerprint density at radius 2 is 1.53 bits per heavy atom. The zero-order valence-electron chi connectivity index (χ0n) is 11.3. The fourth-order valence-electron chi connectivity index (χ4n) is 2.21. The molecule has 1 unspecified atom stereocenters. The van der Waals surface area contributed by atoms with Crippen molar-refractivity contribution in [2.24, 2.45) is 0 Å². The predicted octanol–water partition coefficient (Wildman–Crippen LogP) is 3.25. The van der Waals surface area contributed by atoms with Crippen molar-refractivity contribution in [2.75, 3.05) is 0 Å². The molecule has 0 saturated carbocycles. The molecule has 1 N–H and O–H groups in total. The van der Waals surface area contributed by atoms with Gasteiger partial charge in [0.1, 0.15) is 5.78 Å². The second kappa shape index (κ2) is 5.01. The Labute approximate surface area is 104 Å². The molecular weight excluding hydrogens is 212 g/mol. The first-order chi connectivity index (χ1) is 7.73. The third kappa shape index (κ3) is 3.40. The summed E-state index contributed by atoms with van der Waals surface area (Å²) < 4.78 is 0. The van der Waals surface area contributed by atoms with Crippen molar-refractivity contribution in [3.8, 4) is 0 Å². The third-order valence-electron chi connectivity index (χ3n) is 3.05. The molecule has 0 amide bonds. The van der Waals surface area contributed by atoms with Crippen molar-refractivity contribution in [3.63, 3.8) is 0 Å². The standard InChI is InChI=1S/C15H22O2/c1-10(2)12-6-8-13(9-7-12)14(11(3)16)15(4,5)17/h6-10,14,17H,1-5H3. The first kappa shape index (κ1) is 13.9. The van der Waals surface area contributed by atoms with E-state index in [9.17, 15) is 9.90 Å². The molecule has 1 rings (SSSR count). The number of aliphatic hydroxyl groups is 1. The van der Waals surface area contributed by atoms with Crippen molar-refractivity contribution < 1.29 is 9.90 Å². The van der Waals surface area contributed by atoms with E-state index in [0.717, 1.165) is 5.56 Å². The van der Waals surface area contributed by atoms with Gasteiger partial charge in [-0.15, -0.1) is 0 Å². The highest BCUT2D eigenvalue weighted by Crippen LogP contribution is 2.29. The second-order valence-corrected chi connectivity index (χ2v) is 5.52. The molecule has 0 fully saturated rings. The molecule has 1 atom stereocenters. The van der Waals surface area contributed by atoms with Crippen LogP contribution in [-0.4, -0.2) is 16.5 Å². The number of hydrogen-bond acceptors (Lipinski definition) is 2. The summed E-state index contributed by atoms with van der Waals surface area (Å²) >= 11 is 0. The SMILES string of the molecule is CC(=O)C(c1ccc(C(C)C)cc1)C(C)(C)O. The lowest BCUT2D eigenvalue weighted by molar-refractivity contribution is -0.123. The summed E-state index contributed by atoms with van der Waals surface area (Å²) in [6, 6.07) is 7.95. The van der Waals surface area contributed by atoms with E-state index in [0.29, 0.717) is 5.92 Å². The van der Waals surface area contributed by atoms with Crippen molar-refractivity contribution in [1.82, 2.24) is 0 Å². The van der Waals surface area contributed by atoms with Crippen molar-refractivity contribution in [3.05, 3.63) is 35.4 Å². The van der Waals surface area contributed by atoms with Crippen molar-refractivity contribution in [1.29, 1.82) is 0 Å². The molecule has 0 aliphatic carbocycles. The molecule has 0 saturated heterocycles. The maximum absolute atomic E-state index is 11.6. The molecule has 0 aliphatic heterocycles. The van der Waals surface area contributed by atoms with Crippen LogP contribution in [0.25, 0.3) is 0 Å². The van der Waals surface area contributed by atoms with Crippen LogP contribution in [-0.2, 0) is 4.79 Å². The Bertz CT molecular complexity index is 382. The molecular formula is C15H22O2. The fraction of sp³-hybridized carbons (Fsp3) is 0.533. The Morgan fingerprint density at radius 3 is 1.82 bits per heavy atom. The highest BCUT2D eigenvalue weighted by atomic mass is 16.3. The van der Waals surface area contributed by atoms with Crippen LogP contribution in [0.1, 0.15) is 57.6 Å². The van der Waals surface area contributed by atoms with Crippen molar-refractivity contribution >= 4 is 5.78 Å². The topological polar surface area (TPSA) is 37.3 Å². The van der Waals surface area contributed by atoms with Crippen LogP contribution >= 0.6 is 0 Å². The minimum atomic E-state index is -1.02. The number of rotatable bonds is 4. The van der Waals surface area contributed by atoms with Gasteiger partial charge in [-0.3, -0.25) is 4.79 Å². The van der Waals surface area contributed by atoms with Crippen LogP contribution in [0, 0.1) is 0 Å². The average Bonchev–Trinajstić information content (AvgIpc) is 2.15. The first-order valence-electron chi connectivity index (χ1n) is 6.06. The number of hydrogen-bond donors (Lipinski definition) is 1. The third-order valence-corrected chi connectivity index (χ3v) is 3.05. The van der Waals surface area contributed by atoms with E-state index in [2.05, 4.69) is 13.8 Å². The molecule has 0 spiro atoms. The minimum absolute atomic E-state index is 0.00482. The lowest BCUT2D eigenvalue weighted by Crippen LogP contribution is -2.33. The zero-order valence-corrected chi connectivity index (χ0v) is 11.3. The van der Waals surface area contributed by atoms with E-state index < -0.39 is 11.5 Å². The summed E-state index contributed by atoms with van der Waals surface area (Å²) in [4.78, 5) is 11.6. The molecule has 1 aromatic carbocycles. The second-order valence-electron chi connectivity index (χ2n) is 5.52. The van der Waals surface area contributed by atoms with Gasteiger partial charge in [0, 0.05) is 0 Å². The quantitative estimate of drug-likeness (QED) is 0.868. The van der Waals surface area contributed by atoms with Gasteiger partial charge < -0.3 is 5.11 Å². The maximum Gasteiger partial charge on any atom is 0.140 e. The van der Waals surface area contributed by atoms with Gasteiger partial charge in [0.05, 0.1) is 11.5 Å². The smallest absolute Gasteiger partial charge is 0.140 e. The van der Waals surface area contributed by atoms with Crippen molar-refractivity contribution in [2.45, 2.75) is 52.1 Å². The summed E-state index contributed by atoms with van der Waals surface area (Å²) in [5.41, 5.74) is 1.10. The normalized spacial score (nSPS) is 13.8. The summed E-state index contributed by atoms with van der Waals surface area (Å²) in [5, 5.41) is 10.1. The molecule has 0 aromatic heterocycles. The van der Waals surface area contributed by atoms with Crippen LogP contribution in [0.4, 0.5) is 0 Å². The summed E-state index contributed by atoms with van der Waals surface area (Å²) in [6.07, 6.45) is 0. The van der Waals surface area contributed by atoms with E-state index in [-0.39, 0.29) is 5.78 Å². The predicted molar refractivity (Wildman–Crippen MR) is 70.3 cm³/mol. The zero-order chi connectivity index (χ0) is 13.2. The van der Waals surface area contributed by atoms with Crippen LogP contribution in [0.15, 0.2) is 24.3 Å². The Hall–Kier alpha value is -1.15. The lowest BCUT2D eigenvalue weighted by Gasteiger charge is -2.27. The van der Waals surface area contributed by atoms with E-state index in [1.54, 1.807) is 13.8 Å². The van der Waals surface area contributed by atoms with E-state index in [1.165, 1.54) is 12.5 Å². The molecule has 1 aromatic rings. The number of carbonyl (C=O) groups excluding carboxylic acids is 1. The van der Waals surface area contributed by atoms with Crippen LogP contribution in [0.3, 0.4) is 0 Å². The van der Waals surface area contributed by atoms with E-state index in [1.807, 2.05) is 24.3 Å². The van der Waals surface area contributed by atoms with Gasteiger partial charge in [0.15, 0.2) is 0 Å². The minimum Gasteiger partial charge on any atom is -0.389 e. The van der Waals surface area contributed by atoms with Gasteiger partial charge in [-0.2, -0.15) is 0 Å². The summed E-state index contributed by atoms with van der Waals surface area (Å²) in [5.74, 6) is 0.0143. The molecule has 0 radical (unpaired) electrons. The Kier molecular flexibility index (Phi) is 4.10. The van der Waals surface area contributed by atoms with Gasteiger partial charge in [0.2, 0.25) is 0 Å². The summed E-state index contributed by atoms with van der Waals surface area (Å²) in [6.45, 7) is 9.14. The largest absolute Gasteiger partial charge is 0.389 e. The van der Waals surface area contributed by atoms with Crippen LogP contribution < -0.4 is 0 Å². The highest BCUT2D eigenvalue weighted by molar-refractivity contribution is 5.84. The Balaban J connectivity index is 3.09. The molecule has 0 aliphatic rings. The van der Waals surface area contributed by atoms with Crippen LogP contribution in [0.2, 0.25) is 0 Å². The first-order valence-corrected chi connectivity index (χ1v) is 6.06. The van der Waals surface area contributed by atoms with Gasteiger partial charge in [0.25, 0.3) is 0 Å². The summed E-state index contributed by atoms with van der Waals surface area (Å²) in [7, 11) is 0. The van der Waals surface area contributed by atoms with E-state index in [4.69, 9.17) is 0 Å². The lowest BCUT2D eigenvalue weighted by atomic mass is 9.81. The molecule has 2 nitrogen and oxygen atoms in total. The molecule has 94 valence electrons. The maximum atomic E-state index is 11.6. The van der Waals surface area contributed by atoms with Gasteiger partial charge in [-0.25, -0.2) is 0 Å². The van der Waals surface area contributed by atoms with Gasteiger partial charge in [-0.1, -0.05) is 38.1 Å². The molecule has 2 heteroatoms. The molecule has 0 bridgehead atoms. The number of ketones is 1. The van der Waals surface area contributed by atoms with Crippen LogP contribution in [0.5, 0.6) is 0 Å². The number of benzene rings is 1. The number of Topliss-reactive ketones (excluding diaryl/α,β-unsaturated/α-hetero) is 1. The monoisotopic (exact) mass is 234 g/mol. The fourth-order valence-corrected chi connectivity index (χ4v) is 2.21. The molecule has 17 heavy (non-hydrogen) atoms. The number of carbonyl (C=O) groups is 1. The average molecular weight is 234 g/mol.